The van der Waals surface area contributed by atoms with E-state index in [1.165, 1.54) is 11.5 Å². The second kappa shape index (κ2) is 5.22. The number of carbonyl (C=O) groups is 1. The molecule has 0 spiro atoms. The number of hydrazone groups is 1. The lowest BCUT2D eigenvalue weighted by Gasteiger charge is -2.26. The van der Waals surface area contributed by atoms with Crippen LogP contribution >= 0.6 is 11.5 Å². The number of piperidine rings is 1. The summed E-state index contributed by atoms with van der Waals surface area (Å²) in [6.45, 7) is 5.02. The molecule has 2 rings (SSSR count). The van der Waals surface area contributed by atoms with Crippen molar-refractivity contribution in [1.82, 2.24) is 14.5 Å². The molecule has 1 amide bonds. The summed E-state index contributed by atoms with van der Waals surface area (Å²) in [7, 11) is 0. The molecule has 0 atom stereocenters. The summed E-state index contributed by atoms with van der Waals surface area (Å²) in [6.07, 6.45) is 1.66. The molecule has 17 heavy (non-hydrogen) atoms. The van der Waals surface area contributed by atoms with Crippen LogP contribution in [0.1, 0.15) is 25.5 Å². The van der Waals surface area contributed by atoms with Crippen molar-refractivity contribution in [3.05, 3.63) is 5.69 Å². The molecule has 0 aliphatic carbocycles. The highest BCUT2D eigenvalue weighted by molar-refractivity contribution is 7.10. The zero-order valence-electron chi connectivity index (χ0n) is 9.93. The van der Waals surface area contributed by atoms with Gasteiger partial charge in [0.15, 0.2) is 5.00 Å². The van der Waals surface area contributed by atoms with Crippen molar-refractivity contribution >= 4 is 28.2 Å². The molecule has 1 aromatic rings. The zero-order valence-corrected chi connectivity index (χ0v) is 10.8. The molecule has 0 unspecified atom stereocenters. The second-order valence-electron chi connectivity index (χ2n) is 3.98. The fourth-order valence-electron chi connectivity index (χ4n) is 1.66. The minimum atomic E-state index is 0.138. The Morgan fingerprint density at radius 2 is 2.18 bits per heavy atom. The van der Waals surface area contributed by atoms with Crippen molar-refractivity contribution in [2.24, 2.45) is 5.10 Å². The first kappa shape index (κ1) is 12.0. The highest BCUT2D eigenvalue weighted by Crippen LogP contribution is 2.16. The van der Waals surface area contributed by atoms with Gasteiger partial charge in [-0.15, -0.1) is 5.10 Å². The van der Waals surface area contributed by atoms with Gasteiger partial charge in [0.05, 0.1) is 5.69 Å². The molecule has 2 heterocycles. The summed E-state index contributed by atoms with van der Waals surface area (Å²) < 4.78 is 3.83. The molecule has 92 valence electrons. The maximum absolute atomic E-state index is 11.2. The van der Waals surface area contributed by atoms with Gasteiger partial charge >= 0.3 is 0 Å². The monoisotopic (exact) mass is 253 g/mol. The van der Waals surface area contributed by atoms with E-state index < -0.39 is 0 Å². The Balaban J connectivity index is 1.89. The van der Waals surface area contributed by atoms with E-state index in [1.54, 1.807) is 6.92 Å². The molecular formula is C10H15N5OS. The van der Waals surface area contributed by atoms with E-state index in [1.807, 2.05) is 11.8 Å². The molecule has 6 nitrogen and oxygen atoms in total. The van der Waals surface area contributed by atoms with Gasteiger partial charge in [0.25, 0.3) is 0 Å². The van der Waals surface area contributed by atoms with Crippen LogP contribution in [0.15, 0.2) is 5.10 Å². The van der Waals surface area contributed by atoms with Gasteiger partial charge in [-0.1, -0.05) is 4.49 Å². The molecule has 1 aliphatic heterocycles. The summed E-state index contributed by atoms with van der Waals surface area (Å²) >= 11 is 1.30. The van der Waals surface area contributed by atoms with Crippen LogP contribution in [0.2, 0.25) is 0 Å². The van der Waals surface area contributed by atoms with E-state index in [0.717, 1.165) is 42.3 Å². The topological polar surface area (TPSA) is 70.5 Å². The van der Waals surface area contributed by atoms with Crippen molar-refractivity contribution in [2.75, 3.05) is 18.5 Å². The Bertz CT molecular complexity index is 432. The third-order valence-electron chi connectivity index (χ3n) is 2.75. The quantitative estimate of drug-likeness (QED) is 0.805. The molecule has 0 aromatic carbocycles. The maximum atomic E-state index is 11.2. The Morgan fingerprint density at radius 3 is 2.71 bits per heavy atom. The number of nitrogens with one attached hydrogen (secondary N) is 1. The molecule has 0 saturated carbocycles. The summed E-state index contributed by atoms with van der Waals surface area (Å²) in [5.74, 6) is 0.138. The fraction of sp³-hybridized carbons (Fsp3) is 0.600. The number of anilines is 1. The van der Waals surface area contributed by atoms with E-state index in [-0.39, 0.29) is 5.91 Å². The minimum Gasteiger partial charge on any atom is -0.342 e. The van der Waals surface area contributed by atoms with Gasteiger partial charge in [0.1, 0.15) is 0 Å². The predicted octanol–water partition coefficient (Wildman–Crippen LogP) is 1.26. The molecule has 1 aromatic heterocycles. The van der Waals surface area contributed by atoms with E-state index in [0.29, 0.717) is 0 Å². The van der Waals surface area contributed by atoms with Gasteiger partial charge in [-0.2, -0.15) is 5.10 Å². The molecule has 1 fully saturated rings. The van der Waals surface area contributed by atoms with Gasteiger partial charge in [-0.3, -0.25) is 10.2 Å². The average Bonchev–Trinajstić information content (AvgIpc) is 2.73. The van der Waals surface area contributed by atoms with Crippen molar-refractivity contribution in [3.8, 4) is 0 Å². The number of aromatic nitrogens is 2. The summed E-state index contributed by atoms with van der Waals surface area (Å²) in [5.41, 5.74) is 4.94. The smallest absolute Gasteiger partial charge is 0.219 e. The molecule has 1 N–H and O–H groups in total. The number of likely N-dealkylation sites (tertiary alicyclic amines) is 1. The van der Waals surface area contributed by atoms with Crippen LogP contribution in [0, 0.1) is 6.92 Å². The minimum absolute atomic E-state index is 0.138. The number of aryl methyl sites for hydroxylation is 1. The lowest BCUT2D eigenvalue weighted by atomic mass is 10.1. The van der Waals surface area contributed by atoms with Crippen molar-refractivity contribution < 1.29 is 4.79 Å². The third kappa shape index (κ3) is 3.00. The number of carbonyl (C=O) groups excluding carboxylic acids is 1. The van der Waals surface area contributed by atoms with Gasteiger partial charge in [-0.05, 0) is 6.92 Å². The molecule has 0 radical (unpaired) electrons. The molecule has 1 saturated heterocycles. The first-order valence-electron chi connectivity index (χ1n) is 5.52. The third-order valence-corrected chi connectivity index (χ3v) is 3.49. The van der Waals surface area contributed by atoms with Crippen LogP contribution in [0.25, 0.3) is 0 Å². The number of hydrogen-bond acceptors (Lipinski definition) is 6. The average molecular weight is 253 g/mol. The van der Waals surface area contributed by atoms with Crippen molar-refractivity contribution in [3.63, 3.8) is 0 Å². The predicted molar refractivity (Wildman–Crippen MR) is 67.2 cm³/mol. The Labute approximate surface area is 104 Å². The van der Waals surface area contributed by atoms with E-state index in [9.17, 15) is 4.79 Å². The molecular weight excluding hydrogens is 238 g/mol. The van der Waals surface area contributed by atoms with Crippen molar-refractivity contribution in [1.29, 1.82) is 0 Å². The Kier molecular flexibility index (Phi) is 3.68. The molecule has 0 bridgehead atoms. The first-order valence-corrected chi connectivity index (χ1v) is 6.30. The van der Waals surface area contributed by atoms with E-state index in [2.05, 4.69) is 20.1 Å². The standard InChI is InChI=1S/C10H15N5OS/c1-7-10(17-14-11-7)13-12-9-3-5-15(6-4-9)8(2)16/h13H,3-6H2,1-2H3. The maximum Gasteiger partial charge on any atom is 0.219 e. The van der Waals surface area contributed by atoms with Crippen LogP contribution in [0.4, 0.5) is 5.00 Å². The van der Waals surface area contributed by atoms with Crippen molar-refractivity contribution in [2.45, 2.75) is 26.7 Å². The lowest BCUT2D eigenvalue weighted by molar-refractivity contribution is -0.128. The molecule has 7 heteroatoms. The van der Waals surface area contributed by atoms with E-state index in [4.69, 9.17) is 0 Å². The number of amides is 1. The van der Waals surface area contributed by atoms with Crippen LogP contribution in [-0.2, 0) is 4.79 Å². The normalized spacial score (nSPS) is 15.9. The number of rotatable bonds is 2. The molecule has 1 aliphatic rings. The number of nitrogens with zero attached hydrogens (tertiary/aromatic N) is 4. The lowest BCUT2D eigenvalue weighted by Crippen LogP contribution is -2.37. The van der Waals surface area contributed by atoms with E-state index >= 15 is 0 Å². The highest BCUT2D eigenvalue weighted by Gasteiger charge is 2.16. The summed E-state index contributed by atoms with van der Waals surface area (Å²) in [5, 5.41) is 9.12. The van der Waals surface area contributed by atoms with Crippen LogP contribution in [0.3, 0.4) is 0 Å². The van der Waals surface area contributed by atoms with Gasteiger partial charge in [0, 0.05) is 50.1 Å². The SMILES string of the molecule is CC(=O)N1CCC(=NNc2snnc2C)CC1. The summed E-state index contributed by atoms with van der Waals surface area (Å²) in [4.78, 5) is 13.0. The Hall–Kier alpha value is -1.50. The first-order chi connectivity index (χ1) is 8.16. The second-order valence-corrected chi connectivity index (χ2v) is 4.74. The van der Waals surface area contributed by atoms with Crippen LogP contribution in [0.5, 0.6) is 0 Å². The Morgan fingerprint density at radius 1 is 1.47 bits per heavy atom. The fourth-order valence-corrected chi connectivity index (χ4v) is 2.16. The van der Waals surface area contributed by atoms with Crippen LogP contribution in [-0.4, -0.2) is 39.2 Å². The largest absolute Gasteiger partial charge is 0.342 e. The number of hydrogen-bond donors (Lipinski definition) is 1. The summed E-state index contributed by atoms with van der Waals surface area (Å²) in [6, 6.07) is 0. The van der Waals surface area contributed by atoms with Gasteiger partial charge in [-0.25, -0.2) is 0 Å². The van der Waals surface area contributed by atoms with Gasteiger partial charge < -0.3 is 4.90 Å². The zero-order chi connectivity index (χ0) is 12.3. The highest BCUT2D eigenvalue weighted by atomic mass is 32.1. The van der Waals surface area contributed by atoms with Crippen LogP contribution < -0.4 is 5.43 Å². The van der Waals surface area contributed by atoms with Gasteiger partial charge in [0.2, 0.25) is 5.91 Å².